The third-order valence-electron chi connectivity index (χ3n) is 3.93. The van der Waals surface area contributed by atoms with Crippen LogP contribution < -0.4 is 15.4 Å². The van der Waals surface area contributed by atoms with Gasteiger partial charge in [0.15, 0.2) is 0 Å². The van der Waals surface area contributed by atoms with Gasteiger partial charge in [0.25, 0.3) is 5.69 Å². The highest BCUT2D eigenvalue weighted by atomic mass is 35.5. The Bertz CT molecular complexity index is 1050. The molecule has 33 heavy (non-hydrogen) atoms. The summed E-state index contributed by atoms with van der Waals surface area (Å²) in [5, 5.41) is 32.7. The molecule has 0 radical (unpaired) electrons. The van der Waals surface area contributed by atoms with Crippen molar-refractivity contribution in [3.63, 3.8) is 0 Å². The van der Waals surface area contributed by atoms with E-state index in [1.165, 1.54) is 0 Å². The fourth-order valence-corrected chi connectivity index (χ4v) is 4.00. The van der Waals surface area contributed by atoms with Crippen LogP contribution in [0.1, 0.15) is 12.8 Å². The van der Waals surface area contributed by atoms with Crippen LogP contribution >= 0.6 is 24.2 Å². The highest BCUT2D eigenvalue weighted by molar-refractivity contribution is 7.89. The number of carboxylic acids is 2. The molecule has 0 aliphatic rings. The van der Waals surface area contributed by atoms with E-state index in [1.54, 1.807) is 0 Å². The van der Waals surface area contributed by atoms with Crippen LogP contribution in [0.5, 0.6) is 0 Å². The third-order valence-corrected chi connectivity index (χ3v) is 6.08. The number of benzene rings is 1. The molecule has 5 N–H and O–H groups in total. The molecule has 1 aromatic carbocycles. The molecule has 0 heterocycles. The fourth-order valence-electron chi connectivity index (χ4n) is 2.31. The van der Waals surface area contributed by atoms with Gasteiger partial charge in [-0.1, -0.05) is 11.6 Å². The average molecular weight is 527 g/mol. The SMILES string of the molecule is O=C(O)CNC(=O)[C@H](CS)NC(=O)CC[C@@H](NS(=O)(=O)c1ccc(Cl)c([N+](=O)[O-])c1)C(=O)O. The molecule has 14 nitrogen and oxygen atoms in total. The van der Waals surface area contributed by atoms with Gasteiger partial charge < -0.3 is 20.8 Å². The third kappa shape index (κ3) is 8.83. The number of nitrogens with one attached hydrogen (secondary N) is 3. The van der Waals surface area contributed by atoms with Crippen LogP contribution in [0.2, 0.25) is 5.02 Å². The van der Waals surface area contributed by atoms with Crippen molar-refractivity contribution >= 4 is 63.7 Å². The lowest BCUT2D eigenvalue weighted by Crippen LogP contribution is -2.49. The van der Waals surface area contributed by atoms with Gasteiger partial charge in [-0.25, -0.2) is 8.42 Å². The molecule has 0 bridgehead atoms. The number of hydrogen-bond acceptors (Lipinski definition) is 9. The lowest BCUT2D eigenvalue weighted by atomic mass is 10.1. The molecular formula is C16H19ClN4O10S2. The Morgan fingerprint density at radius 3 is 2.33 bits per heavy atom. The molecule has 0 spiro atoms. The van der Waals surface area contributed by atoms with E-state index < -0.39 is 80.8 Å². The quantitative estimate of drug-likeness (QED) is 0.108. The van der Waals surface area contributed by atoms with Crippen molar-refractivity contribution in [2.75, 3.05) is 12.3 Å². The topological polar surface area (TPSA) is 222 Å². The number of sulfonamides is 1. The molecule has 0 saturated carbocycles. The number of carboxylic acid groups (broad SMARTS) is 2. The molecule has 2 amide bonds. The summed E-state index contributed by atoms with van der Waals surface area (Å²) in [6, 6.07) is -0.440. The first-order chi connectivity index (χ1) is 15.3. The largest absolute Gasteiger partial charge is 0.480 e. The van der Waals surface area contributed by atoms with Crippen molar-refractivity contribution in [2.24, 2.45) is 0 Å². The van der Waals surface area contributed by atoms with E-state index in [1.807, 2.05) is 10.0 Å². The van der Waals surface area contributed by atoms with Crippen molar-refractivity contribution in [2.45, 2.75) is 29.8 Å². The summed E-state index contributed by atoms with van der Waals surface area (Å²) in [5.41, 5.74) is -0.704. The molecule has 0 fully saturated rings. The Hall–Kier alpha value is -2.95. The van der Waals surface area contributed by atoms with Crippen LogP contribution in [-0.2, 0) is 29.2 Å². The number of aliphatic carboxylic acids is 2. The van der Waals surface area contributed by atoms with E-state index in [4.69, 9.17) is 16.7 Å². The summed E-state index contributed by atoms with van der Waals surface area (Å²) in [6.07, 6.45) is -1.07. The molecule has 0 saturated heterocycles. The van der Waals surface area contributed by atoms with E-state index in [0.29, 0.717) is 6.07 Å². The normalized spacial score (nSPS) is 12.9. The van der Waals surface area contributed by atoms with Crippen LogP contribution in [0.15, 0.2) is 23.1 Å². The zero-order valence-corrected chi connectivity index (χ0v) is 19.0. The number of amides is 2. The predicted molar refractivity (Wildman–Crippen MR) is 116 cm³/mol. The van der Waals surface area contributed by atoms with Crippen molar-refractivity contribution in [1.29, 1.82) is 0 Å². The minimum atomic E-state index is -4.54. The molecule has 0 unspecified atom stereocenters. The smallest absolute Gasteiger partial charge is 0.322 e. The highest BCUT2D eigenvalue weighted by Gasteiger charge is 2.28. The number of hydrogen-bond donors (Lipinski definition) is 6. The van der Waals surface area contributed by atoms with E-state index in [-0.39, 0.29) is 10.8 Å². The number of thiol groups is 1. The molecule has 1 aromatic rings. The first-order valence-corrected chi connectivity index (χ1v) is 11.4. The summed E-state index contributed by atoms with van der Waals surface area (Å²) < 4.78 is 26.8. The number of nitro benzene ring substituents is 1. The maximum atomic E-state index is 12.5. The number of rotatable bonds is 13. The molecule has 2 atom stereocenters. The van der Waals surface area contributed by atoms with Gasteiger partial charge in [-0.15, -0.1) is 0 Å². The maximum Gasteiger partial charge on any atom is 0.322 e. The summed E-state index contributed by atoms with van der Waals surface area (Å²) in [4.78, 5) is 55.3. The van der Waals surface area contributed by atoms with Crippen LogP contribution in [0.25, 0.3) is 0 Å². The van der Waals surface area contributed by atoms with E-state index in [9.17, 15) is 42.8 Å². The average Bonchev–Trinajstić information content (AvgIpc) is 2.72. The monoisotopic (exact) mass is 526 g/mol. The number of nitro groups is 1. The summed E-state index contributed by atoms with van der Waals surface area (Å²) in [6.45, 7) is -0.690. The Labute approximate surface area is 197 Å². The second-order valence-corrected chi connectivity index (χ2v) is 8.82. The molecule has 17 heteroatoms. The van der Waals surface area contributed by atoms with Crippen molar-refractivity contribution < 1.29 is 42.7 Å². The second-order valence-electron chi connectivity index (χ2n) is 6.34. The summed E-state index contributed by atoms with van der Waals surface area (Å²) in [5.74, 6) is -4.79. The molecule has 0 aromatic heterocycles. The molecule has 0 aliphatic carbocycles. The lowest BCUT2D eigenvalue weighted by molar-refractivity contribution is -0.384. The Morgan fingerprint density at radius 1 is 1.18 bits per heavy atom. The molecule has 1 rings (SSSR count). The Morgan fingerprint density at radius 2 is 1.82 bits per heavy atom. The number of nitrogens with zero attached hydrogens (tertiary/aromatic N) is 1. The van der Waals surface area contributed by atoms with Gasteiger partial charge in [-0.2, -0.15) is 17.4 Å². The molecule has 0 aliphatic heterocycles. The fraction of sp³-hybridized carbons (Fsp3) is 0.375. The van der Waals surface area contributed by atoms with Crippen molar-refractivity contribution in [1.82, 2.24) is 15.4 Å². The van der Waals surface area contributed by atoms with Crippen LogP contribution in [-0.4, -0.2) is 71.7 Å². The highest BCUT2D eigenvalue weighted by Crippen LogP contribution is 2.27. The van der Waals surface area contributed by atoms with Crippen molar-refractivity contribution in [3.8, 4) is 0 Å². The number of carbonyl (C=O) groups excluding carboxylic acids is 2. The van der Waals surface area contributed by atoms with Gasteiger partial charge >= 0.3 is 11.9 Å². The zero-order chi connectivity index (χ0) is 25.3. The van der Waals surface area contributed by atoms with Gasteiger partial charge in [0.2, 0.25) is 21.8 Å². The predicted octanol–water partition coefficient (Wildman–Crippen LogP) is -0.625. The number of carbonyl (C=O) groups is 4. The Balaban J connectivity index is 2.84. The van der Waals surface area contributed by atoms with E-state index >= 15 is 0 Å². The molecule has 182 valence electrons. The second kappa shape index (κ2) is 12.3. The van der Waals surface area contributed by atoms with Gasteiger partial charge in [0, 0.05) is 18.2 Å². The minimum Gasteiger partial charge on any atom is -0.480 e. The van der Waals surface area contributed by atoms with Crippen LogP contribution in [0, 0.1) is 10.1 Å². The first kappa shape index (κ1) is 28.1. The van der Waals surface area contributed by atoms with Crippen molar-refractivity contribution in [3.05, 3.63) is 33.3 Å². The van der Waals surface area contributed by atoms with E-state index in [2.05, 4.69) is 17.9 Å². The summed E-state index contributed by atoms with van der Waals surface area (Å²) in [7, 11) is -4.54. The van der Waals surface area contributed by atoms with Gasteiger partial charge in [0.1, 0.15) is 23.7 Å². The first-order valence-electron chi connectivity index (χ1n) is 8.87. The van der Waals surface area contributed by atoms with Gasteiger partial charge in [-0.05, 0) is 18.6 Å². The van der Waals surface area contributed by atoms with Crippen LogP contribution in [0.4, 0.5) is 5.69 Å². The standard InChI is InChI=1S/C16H19ClN4O10S2/c17-9-2-1-8(5-12(9)21(28)29)33(30,31)20-10(16(26)27)3-4-13(22)19-11(7-32)15(25)18-6-14(23)24/h1-2,5,10-11,20,32H,3-4,6-7H2,(H,18,25)(H,19,22)(H,23,24)(H,26,27)/t10-,11+/m1/s1. The zero-order valence-electron chi connectivity index (χ0n) is 16.6. The summed E-state index contributed by atoms with van der Waals surface area (Å²) >= 11 is 9.51. The van der Waals surface area contributed by atoms with Gasteiger partial charge in [0.05, 0.1) is 9.82 Å². The van der Waals surface area contributed by atoms with E-state index in [0.717, 1.165) is 12.1 Å². The number of halogens is 1. The Kier molecular flexibility index (Phi) is 10.5. The van der Waals surface area contributed by atoms with Crippen LogP contribution in [0.3, 0.4) is 0 Å². The maximum absolute atomic E-state index is 12.5. The lowest BCUT2D eigenvalue weighted by Gasteiger charge is -2.17. The molecular weight excluding hydrogens is 508 g/mol. The van der Waals surface area contributed by atoms with Gasteiger partial charge in [-0.3, -0.25) is 29.3 Å². The minimum absolute atomic E-state index is 0.193.